The Morgan fingerprint density at radius 2 is 2.00 bits per heavy atom. The highest BCUT2D eigenvalue weighted by atomic mass is 79.9. The van der Waals surface area contributed by atoms with Crippen LogP contribution in [0.1, 0.15) is 25.1 Å². The van der Waals surface area contributed by atoms with Gasteiger partial charge in [-0.3, -0.25) is 0 Å². The van der Waals surface area contributed by atoms with Gasteiger partial charge in [0, 0.05) is 25.5 Å². The van der Waals surface area contributed by atoms with Crippen molar-refractivity contribution < 1.29 is 9.53 Å². The molecule has 2 aliphatic rings. The molecule has 0 unspecified atom stereocenters. The Bertz CT molecular complexity index is 480. The molecular weight excluding hydrogens is 324 g/mol. The predicted octanol–water partition coefficient (Wildman–Crippen LogP) is 1.70. The third-order valence-electron chi connectivity index (χ3n) is 4.00. The molecule has 108 valence electrons. The van der Waals surface area contributed by atoms with Crippen LogP contribution in [0.4, 0.5) is 4.79 Å². The first-order valence-electron chi connectivity index (χ1n) is 6.80. The number of ether oxygens (including phenoxy) is 1. The number of nitrogens with one attached hydrogen (secondary N) is 1. The van der Waals surface area contributed by atoms with E-state index in [1.807, 2.05) is 4.90 Å². The maximum atomic E-state index is 12.1. The molecule has 1 spiro atoms. The summed E-state index contributed by atoms with van der Waals surface area (Å²) in [6, 6.07) is -0.0503. The lowest BCUT2D eigenvalue weighted by Gasteiger charge is -2.47. The summed E-state index contributed by atoms with van der Waals surface area (Å²) in [6.45, 7) is 2.73. The number of urea groups is 1. The normalized spacial score (nSPS) is 20.6. The van der Waals surface area contributed by atoms with Gasteiger partial charge in [0.05, 0.1) is 23.2 Å². The quantitative estimate of drug-likeness (QED) is 0.889. The summed E-state index contributed by atoms with van der Waals surface area (Å²) < 4.78 is 6.47. The summed E-state index contributed by atoms with van der Waals surface area (Å²) in [5.41, 5.74) is 0.0750. The maximum Gasteiger partial charge on any atom is 0.317 e. The van der Waals surface area contributed by atoms with Gasteiger partial charge in [-0.15, -0.1) is 0 Å². The highest BCUT2D eigenvalue weighted by molar-refractivity contribution is 9.10. The Balaban J connectivity index is 1.46. The molecule has 7 heteroatoms. The van der Waals surface area contributed by atoms with Crippen molar-refractivity contribution in [3.05, 3.63) is 22.7 Å². The minimum atomic E-state index is -0.0503. The third kappa shape index (κ3) is 2.93. The van der Waals surface area contributed by atoms with Crippen LogP contribution in [-0.4, -0.2) is 46.2 Å². The molecule has 2 aliphatic heterocycles. The Labute approximate surface area is 126 Å². The highest BCUT2D eigenvalue weighted by Crippen LogP contribution is 2.36. The number of carbonyl (C=O) groups excluding carboxylic acids is 1. The topological polar surface area (TPSA) is 67.4 Å². The minimum absolute atomic E-state index is 0.0503. The fourth-order valence-corrected chi connectivity index (χ4v) is 2.80. The molecule has 0 aromatic carbocycles. The summed E-state index contributed by atoms with van der Waals surface area (Å²) in [4.78, 5) is 22.2. The predicted molar refractivity (Wildman–Crippen MR) is 76.1 cm³/mol. The molecule has 0 atom stereocenters. The number of likely N-dealkylation sites (tertiary alicyclic amines) is 1. The summed E-state index contributed by atoms with van der Waals surface area (Å²) in [6.07, 6.45) is 6.36. The van der Waals surface area contributed by atoms with E-state index in [4.69, 9.17) is 4.74 Å². The van der Waals surface area contributed by atoms with E-state index in [9.17, 15) is 4.79 Å². The Morgan fingerprint density at radius 1 is 1.35 bits per heavy atom. The van der Waals surface area contributed by atoms with Crippen molar-refractivity contribution in [2.75, 3.05) is 19.7 Å². The first-order valence-corrected chi connectivity index (χ1v) is 7.59. The van der Waals surface area contributed by atoms with Crippen LogP contribution >= 0.6 is 15.9 Å². The number of hydrogen-bond donors (Lipinski definition) is 1. The van der Waals surface area contributed by atoms with Crippen LogP contribution in [0.2, 0.25) is 0 Å². The zero-order chi connectivity index (χ0) is 14.0. The van der Waals surface area contributed by atoms with Crippen molar-refractivity contribution in [1.29, 1.82) is 0 Å². The van der Waals surface area contributed by atoms with Crippen LogP contribution in [0.15, 0.2) is 16.9 Å². The largest absolute Gasteiger partial charge is 0.375 e. The van der Waals surface area contributed by atoms with Crippen molar-refractivity contribution in [3.63, 3.8) is 0 Å². The van der Waals surface area contributed by atoms with Crippen LogP contribution in [0.25, 0.3) is 0 Å². The van der Waals surface area contributed by atoms with E-state index in [0.29, 0.717) is 12.4 Å². The van der Waals surface area contributed by atoms with Gasteiger partial charge in [-0.1, -0.05) is 0 Å². The molecule has 3 rings (SSSR count). The average Bonchev–Trinajstić information content (AvgIpc) is 2.45. The third-order valence-corrected chi connectivity index (χ3v) is 4.41. The lowest BCUT2D eigenvalue weighted by molar-refractivity contribution is -0.169. The lowest BCUT2D eigenvalue weighted by atomic mass is 9.84. The van der Waals surface area contributed by atoms with Crippen molar-refractivity contribution in [2.24, 2.45) is 0 Å². The second-order valence-electron chi connectivity index (χ2n) is 5.24. The first kappa shape index (κ1) is 13.8. The standard InChI is InChI=1S/C13H17BrN4O2/c14-10-7-15-11(16-8-10)9-17-12(19)18-4-1-13(2-5-18)3-6-20-13/h7-8H,1-6,9H2,(H,17,19). The number of amides is 2. The minimum Gasteiger partial charge on any atom is -0.375 e. The molecule has 0 bridgehead atoms. The van der Waals surface area contributed by atoms with Gasteiger partial charge in [-0.2, -0.15) is 0 Å². The van der Waals surface area contributed by atoms with Gasteiger partial charge in [0.25, 0.3) is 0 Å². The van der Waals surface area contributed by atoms with E-state index in [-0.39, 0.29) is 11.6 Å². The van der Waals surface area contributed by atoms with Gasteiger partial charge in [0.2, 0.25) is 0 Å². The summed E-state index contributed by atoms with van der Waals surface area (Å²) in [7, 11) is 0. The molecule has 1 aromatic heterocycles. The van der Waals surface area contributed by atoms with E-state index < -0.39 is 0 Å². The van der Waals surface area contributed by atoms with Crippen molar-refractivity contribution in [3.8, 4) is 0 Å². The zero-order valence-electron chi connectivity index (χ0n) is 11.1. The van der Waals surface area contributed by atoms with Crippen molar-refractivity contribution in [2.45, 2.75) is 31.4 Å². The fraction of sp³-hybridized carbons (Fsp3) is 0.615. The van der Waals surface area contributed by atoms with E-state index in [1.165, 1.54) is 0 Å². The van der Waals surface area contributed by atoms with E-state index in [1.54, 1.807) is 12.4 Å². The molecule has 3 heterocycles. The van der Waals surface area contributed by atoms with Gasteiger partial charge in [0.1, 0.15) is 5.82 Å². The van der Waals surface area contributed by atoms with Gasteiger partial charge < -0.3 is 15.0 Å². The van der Waals surface area contributed by atoms with Crippen molar-refractivity contribution >= 4 is 22.0 Å². The lowest BCUT2D eigenvalue weighted by Crippen LogP contribution is -2.55. The number of piperidine rings is 1. The van der Waals surface area contributed by atoms with Crippen molar-refractivity contribution in [1.82, 2.24) is 20.2 Å². The molecule has 2 saturated heterocycles. The van der Waals surface area contributed by atoms with Crippen LogP contribution in [-0.2, 0) is 11.3 Å². The molecular formula is C13H17BrN4O2. The number of nitrogens with zero attached hydrogens (tertiary/aromatic N) is 3. The van der Waals surface area contributed by atoms with E-state index in [2.05, 4.69) is 31.2 Å². The molecule has 6 nitrogen and oxygen atoms in total. The molecule has 1 aromatic rings. The zero-order valence-corrected chi connectivity index (χ0v) is 12.7. The smallest absolute Gasteiger partial charge is 0.317 e. The van der Waals surface area contributed by atoms with Crippen LogP contribution < -0.4 is 5.32 Å². The summed E-state index contributed by atoms with van der Waals surface area (Å²) in [5.74, 6) is 0.609. The average molecular weight is 341 g/mol. The number of carbonyl (C=O) groups is 1. The van der Waals surface area contributed by atoms with Crippen LogP contribution in [0.3, 0.4) is 0 Å². The van der Waals surface area contributed by atoms with Gasteiger partial charge in [-0.25, -0.2) is 14.8 Å². The molecule has 2 amide bonds. The molecule has 1 N–H and O–H groups in total. The Morgan fingerprint density at radius 3 is 2.55 bits per heavy atom. The molecule has 0 aliphatic carbocycles. The molecule has 0 saturated carbocycles. The summed E-state index contributed by atoms with van der Waals surface area (Å²) in [5, 5.41) is 2.86. The molecule has 0 radical (unpaired) electrons. The SMILES string of the molecule is O=C(NCc1ncc(Br)cn1)N1CCC2(CCO2)CC1. The Hall–Kier alpha value is -1.21. The number of halogens is 1. The van der Waals surface area contributed by atoms with Crippen LogP contribution in [0, 0.1) is 0 Å². The van der Waals surface area contributed by atoms with E-state index in [0.717, 1.165) is 43.4 Å². The van der Waals surface area contributed by atoms with Gasteiger partial charge in [-0.05, 0) is 35.2 Å². The maximum absolute atomic E-state index is 12.1. The fourth-order valence-electron chi connectivity index (χ4n) is 2.60. The van der Waals surface area contributed by atoms with Gasteiger partial charge >= 0.3 is 6.03 Å². The number of hydrogen-bond acceptors (Lipinski definition) is 4. The first-order chi connectivity index (χ1) is 9.67. The second-order valence-corrected chi connectivity index (χ2v) is 6.16. The number of aromatic nitrogens is 2. The highest BCUT2D eigenvalue weighted by Gasteiger charge is 2.41. The van der Waals surface area contributed by atoms with Crippen LogP contribution in [0.5, 0.6) is 0 Å². The van der Waals surface area contributed by atoms with E-state index >= 15 is 0 Å². The molecule has 20 heavy (non-hydrogen) atoms. The van der Waals surface area contributed by atoms with Gasteiger partial charge in [0.15, 0.2) is 0 Å². The monoisotopic (exact) mass is 340 g/mol. The number of rotatable bonds is 2. The Kier molecular flexibility index (Phi) is 3.89. The molecule has 2 fully saturated rings. The summed E-state index contributed by atoms with van der Waals surface area (Å²) >= 11 is 3.28. The second kappa shape index (κ2) is 5.65.